The molecule has 1 heterocycles. The smallest absolute Gasteiger partial charge is 0.480 e. The Kier molecular flexibility index (Phi) is 10.2. The maximum atomic E-state index is 11.7. The van der Waals surface area contributed by atoms with Gasteiger partial charge >= 0.3 is 24.4 Å². The molecule has 0 spiro atoms. The molecule has 1 rings (SSSR count). The monoisotopic (exact) mass is 449 g/mol. The highest BCUT2D eigenvalue weighted by molar-refractivity contribution is 5.80. The largest absolute Gasteiger partial charge is 0.519 e. The van der Waals surface area contributed by atoms with Crippen LogP contribution in [0, 0.1) is 0 Å². The number of hydrogen-bond acceptors (Lipinski definition) is 9. The normalized spacial score (nSPS) is 16.9. The number of carboxylic acids is 1. The van der Waals surface area contributed by atoms with E-state index in [4.69, 9.17) is 24.1 Å². The second kappa shape index (κ2) is 11.2. The molecule has 0 aromatic heterocycles. The number of morpholine rings is 1. The van der Waals surface area contributed by atoms with Crippen molar-refractivity contribution >= 4 is 24.4 Å². The molecule has 1 unspecified atom stereocenters. The van der Waals surface area contributed by atoms with Crippen molar-refractivity contribution in [3.63, 3.8) is 0 Å². The average Bonchev–Trinajstić information content (AvgIpc) is 2.49. The Bertz CT molecular complexity index is 614. The third kappa shape index (κ3) is 14.1. The number of carboxylic acid groups (broad SMARTS) is 1. The second-order valence-corrected chi connectivity index (χ2v) is 9.63. The number of amides is 1. The lowest BCUT2D eigenvalue weighted by atomic mass is 10.2. The van der Waals surface area contributed by atoms with Crippen molar-refractivity contribution in [2.24, 2.45) is 0 Å². The molecule has 1 amide bonds. The summed E-state index contributed by atoms with van der Waals surface area (Å²) in [4.78, 5) is 45.8. The predicted octanol–water partition coefficient (Wildman–Crippen LogP) is 3.58. The highest BCUT2D eigenvalue weighted by atomic mass is 16.8. The molecule has 1 aliphatic heterocycles. The van der Waals surface area contributed by atoms with E-state index in [-0.39, 0.29) is 13.2 Å². The summed E-state index contributed by atoms with van der Waals surface area (Å²) in [5, 5.41) is 8.93. The van der Waals surface area contributed by atoms with E-state index in [1.54, 1.807) is 62.3 Å². The Hall–Kier alpha value is -2.56. The Morgan fingerprint density at radius 1 is 0.806 bits per heavy atom. The van der Waals surface area contributed by atoms with E-state index in [9.17, 15) is 19.2 Å². The zero-order valence-corrected chi connectivity index (χ0v) is 19.8. The van der Waals surface area contributed by atoms with Crippen LogP contribution in [0.25, 0.3) is 0 Å². The Balaban J connectivity index is 0.000000582. The van der Waals surface area contributed by atoms with Crippen LogP contribution in [0.15, 0.2) is 0 Å². The highest BCUT2D eigenvalue weighted by Gasteiger charge is 2.35. The third-order valence-corrected chi connectivity index (χ3v) is 2.99. The molecule has 0 aromatic carbocycles. The van der Waals surface area contributed by atoms with Crippen molar-refractivity contribution in [1.82, 2.24) is 4.90 Å². The van der Waals surface area contributed by atoms with E-state index in [0.29, 0.717) is 6.61 Å². The van der Waals surface area contributed by atoms with Crippen LogP contribution < -0.4 is 0 Å². The van der Waals surface area contributed by atoms with E-state index >= 15 is 0 Å². The van der Waals surface area contributed by atoms with Crippen molar-refractivity contribution in [3.05, 3.63) is 0 Å². The summed E-state index contributed by atoms with van der Waals surface area (Å²) in [6.07, 6.45) is -2.73. The summed E-state index contributed by atoms with van der Waals surface area (Å²) in [6.45, 7) is 15.8. The second-order valence-electron chi connectivity index (χ2n) is 9.63. The SMILES string of the molecule is CC(C)(C)OC(=O)N1CCOCC1C(=O)O.CC(C)(C)OC(=O)OC(=O)OC(C)(C)C. The van der Waals surface area contributed by atoms with Gasteiger partial charge in [-0.3, -0.25) is 4.90 Å². The molecule has 1 aliphatic rings. The van der Waals surface area contributed by atoms with Crippen molar-refractivity contribution in [2.75, 3.05) is 19.8 Å². The minimum Gasteiger partial charge on any atom is -0.480 e. The number of hydrogen-bond donors (Lipinski definition) is 1. The van der Waals surface area contributed by atoms with Crippen LogP contribution in [0.2, 0.25) is 0 Å². The van der Waals surface area contributed by atoms with Crippen LogP contribution in [0.1, 0.15) is 62.3 Å². The lowest BCUT2D eigenvalue weighted by Gasteiger charge is -2.34. The van der Waals surface area contributed by atoms with Gasteiger partial charge in [0.25, 0.3) is 0 Å². The van der Waals surface area contributed by atoms with Crippen molar-refractivity contribution in [2.45, 2.75) is 85.2 Å². The summed E-state index contributed by atoms with van der Waals surface area (Å²) >= 11 is 0. The van der Waals surface area contributed by atoms with E-state index < -0.39 is 47.2 Å². The highest BCUT2D eigenvalue weighted by Crippen LogP contribution is 2.15. The number of ether oxygens (including phenoxy) is 5. The quantitative estimate of drug-likeness (QED) is 0.359. The van der Waals surface area contributed by atoms with Gasteiger partial charge in [-0.25, -0.2) is 19.2 Å². The number of nitrogens with zero attached hydrogens (tertiary/aromatic N) is 1. The average molecular weight is 449 g/mol. The number of aliphatic carboxylic acids is 1. The van der Waals surface area contributed by atoms with E-state index in [2.05, 4.69) is 4.74 Å². The standard InChI is InChI=1S/C10H17NO5.C10H18O5/c1-10(2,3)16-9(14)11-4-5-15-6-7(11)8(12)13;1-9(2,3)14-7(11)13-8(12)15-10(4,5)6/h7H,4-6H2,1-3H3,(H,12,13);1-6H3. The maximum absolute atomic E-state index is 11.7. The van der Waals surface area contributed by atoms with E-state index in [0.717, 1.165) is 0 Å². The molecule has 11 heteroatoms. The van der Waals surface area contributed by atoms with Crippen LogP contribution >= 0.6 is 0 Å². The lowest BCUT2D eigenvalue weighted by Crippen LogP contribution is -2.53. The fourth-order valence-corrected chi connectivity index (χ4v) is 1.96. The number of rotatable bonds is 1. The van der Waals surface area contributed by atoms with Gasteiger partial charge < -0.3 is 28.8 Å². The van der Waals surface area contributed by atoms with Crippen LogP contribution in [0.5, 0.6) is 0 Å². The van der Waals surface area contributed by atoms with Crippen molar-refractivity contribution < 1.29 is 48.0 Å². The predicted molar refractivity (Wildman–Crippen MR) is 109 cm³/mol. The zero-order chi connectivity index (χ0) is 24.6. The van der Waals surface area contributed by atoms with Gasteiger partial charge in [0, 0.05) is 6.54 Å². The first kappa shape index (κ1) is 28.4. The van der Waals surface area contributed by atoms with Gasteiger partial charge in [0.2, 0.25) is 0 Å². The molecular weight excluding hydrogens is 414 g/mol. The van der Waals surface area contributed by atoms with Gasteiger partial charge in [0.15, 0.2) is 6.04 Å². The maximum Gasteiger partial charge on any atom is 0.519 e. The van der Waals surface area contributed by atoms with E-state index in [1.807, 2.05) is 0 Å². The molecule has 0 saturated carbocycles. The molecule has 31 heavy (non-hydrogen) atoms. The molecular formula is C20H35NO10. The minimum atomic E-state index is -1.08. The first-order chi connectivity index (χ1) is 13.8. The molecule has 0 radical (unpaired) electrons. The third-order valence-electron chi connectivity index (χ3n) is 2.99. The van der Waals surface area contributed by atoms with Crippen molar-refractivity contribution in [3.8, 4) is 0 Å². The Labute approximate surface area is 182 Å². The fourth-order valence-electron chi connectivity index (χ4n) is 1.96. The first-order valence-corrected chi connectivity index (χ1v) is 9.75. The molecule has 11 nitrogen and oxygen atoms in total. The Morgan fingerprint density at radius 3 is 1.58 bits per heavy atom. The Morgan fingerprint density at radius 2 is 1.23 bits per heavy atom. The summed E-state index contributed by atoms with van der Waals surface area (Å²) in [6, 6.07) is -0.955. The molecule has 1 N–H and O–H groups in total. The van der Waals surface area contributed by atoms with Crippen LogP contribution in [0.3, 0.4) is 0 Å². The molecule has 0 aliphatic carbocycles. The molecule has 1 saturated heterocycles. The summed E-state index contributed by atoms with van der Waals surface area (Å²) < 4.78 is 24.0. The van der Waals surface area contributed by atoms with Crippen LogP contribution in [0.4, 0.5) is 14.4 Å². The van der Waals surface area contributed by atoms with Gasteiger partial charge in [-0.2, -0.15) is 0 Å². The molecule has 1 fully saturated rings. The summed E-state index contributed by atoms with van der Waals surface area (Å²) in [5.74, 6) is -1.08. The first-order valence-electron chi connectivity index (χ1n) is 9.75. The van der Waals surface area contributed by atoms with Gasteiger partial charge in [-0.1, -0.05) is 0 Å². The van der Waals surface area contributed by atoms with Gasteiger partial charge in [0.1, 0.15) is 16.8 Å². The fraction of sp³-hybridized carbons (Fsp3) is 0.800. The van der Waals surface area contributed by atoms with Crippen molar-refractivity contribution in [1.29, 1.82) is 0 Å². The van der Waals surface area contributed by atoms with E-state index in [1.165, 1.54) is 4.90 Å². The van der Waals surface area contributed by atoms with Crippen LogP contribution in [-0.4, -0.2) is 77.0 Å². The molecule has 0 aromatic rings. The molecule has 1 atom stereocenters. The topological polar surface area (TPSA) is 138 Å². The summed E-state index contributed by atoms with van der Waals surface area (Å²) in [7, 11) is 0. The molecule has 0 bridgehead atoms. The number of carbonyl (C=O) groups excluding carboxylic acids is 3. The van der Waals surface area contributed by atoms with Gasteiger partial charge in [0.05, 0.1) is 13.2 Å². The number of carbonyl (C=O) groups is 4. The van der Waals surface area contributed by atoms with Gasteiger partial charge in [-0.05, 0) is 62.3 Å². The van der Waals surface area contributed by atoms with Gasteiger partial charge in [-0.15, -0.1) is 0 Å². The zero-order valence-electron chi connectivity index (χ0n) is 19.8. The summed E-state index contributed by atoms with van der Waals surface area (Å²) in [5.41, 5.74) is -2.02. The molecule has 180 valence electrons. The lowest BCUT2D eigenvalue weighted by molar-refractivity contribution is -0.149. The minimum absolute atomic E-state index is 0.00851. The van der Waals surface area contributed by atoms with Crippen LogP contribution in [-0.2, 0) is 28.5 Å².